The van der Waals surface area contributed by atoms with Crippen LogP contribution in [0, 0.1) is 5.92 Å². The molecule has 1 aromatic rings. The molecule has 0 aliphatic rings. The van der Waals surface area contributed by atoms with E-state index in [-0.39, 0.29) is 11.8 Å². The van der Waals surface area contributed by atoms with Crippen LogP contribution in [-0.2, 0) is 14.8 Å². The largest absolute Gasteiger partial charge is 0.494 e. The summed E-state index contributed by atoms with van der Waals surface area (Å²) in [6.07, 6.45) is 1.05. The van der Waals surface area contributed by atoms with E-state index in [0.717, 1.165) is 6.26 Å². The number of benzene rings is 1. The van der Waals surface area contributed by atoms with Crippen molar-refractivity contribution < 1.29 is 17.9 Å². The van der Waals surface area contributed by atoms with Crippen LogP contribution < -0.4 is 20.5 Å². The molecule has 21 heavy (non-hydrogen) atoms. The van der Waals surface area contributed by atoms with Gasteiger partial charge in [-0.2, -0.15) is 0 Å². The van der Waals surface area contributed by atoms with E-state index in [9.17, 15) is 13.2 Å². The number of anilines is 2. The van der Waals surface area contributed by atoms with Gasteiger partial charge in [-0.3, -0.25) is 9.52 Å². The van der Waals surface area contributed by atoms with Gasteiger partial charge in [-0.15, -0.1) is 0 Å². The van der Waals surface area contributed by atoms with Crippen molar-refractivity contribution in [2.24, 2.45) is 11.7 Å². The third-order valence-corrected chi connectivity index (χ3v) is 3.38. The highest BCUT2D eigenvalue weighted by molar-refractivity contribution is 7.92. The first-order valence-corrected chi connectivity index (χ1v) is 8.25. The number of ether oxygens (including phenoxy) is 1. The smallest absolute Gasteiger partial charge is 0.241 e. The van der Waals surface area contributed by atoms with E-state index in [4.69, 9.17) is 10.5 Å². The van der Waals surface area contributed by atoms with Gasteiger partial charge in [0.1, 0.15) is 5.75 Å². The van der Waals surface area contributed by atoms with Gasteiger partial charge in [0, 0.05) is 11.8 Å². The Morgan fingerprint density at radius 1 is 1.33 bits per heavy atom. The Labute approximate surface area is 124 Å². The van der Waals surface area contributed by atoms with Gasteiger partial charge in [0.15, 0.2) is 0 Å². The standard InChI is InChI=1S/C13H21N3O4S/c1-8(2)12(14)13(17)15-9-5-6-10(11(7-9)20-3)16-21(4,18)19/h5-8,12,16H,14H2,1-4H3,(H,15,17). The van der Waals surface area contributed by atoms with Gasteiger partial charge < -0.3 is 15.8 Å². The van der Waals surface area contributed by atoms with Crippen molar-refractivity contribution >= 4 is 27.3 Å². The third kappa shape index (κ3) is 5.24. The van der Waals surface area contributed by atoms with Crippen molar-refractivity contribution in [2.45, 2.75) is 19.9 Å². The maximum Gasteiger partial charge on any atom is 0.241 e. The molecule has 4 N–H and O–H groups in total. The minimum absolute atomic E-state index is 0.0121. The minimum atomic E-state index is -3.41. The van der Waals surface area contributed by atoms with Crippen LogP contribution >= 0.6 is 0 Å². The third-order valence-electron chi connectivity index (χ3n) is 2.79. The Morgan fingerprint density at radius 2 is 1.95 bits per heavy atom. The van der Waals surface area contributed by atoms with E-state index in [1.165, 1.54) is 19.2 Å². The van der Waals surface area contributed by atoms with Gasteiger partial charge in [-0.1, -0.05) is 13.8 Å². The zero-order valence-electron chi connectivity index (χ0n) is 12.5. The summed E-state index contributed by atoms with van der Waals surface area (Å²) in [4.78, 5) is 11.9. The van der Waals surface area contributed by atoms with Crippen molar-refractivity contribution in [3.8, 4) is 5.75 Å². The fourth-order valence-electron chi connectivity index (χ4n) is 1.58. The summed E-state index contributed by atoms with van der Waals surface area (Å²) in [5, 5.41) is 2.67. The van der Waals surface area contributed by atoms with Crippen LogP contribution in [-0.4, -0.2) is 33.7 Å². The number of methoxy groups -OCH3 is 1. The topological polar surface area (TPSA) is 111 Å². The number of nitrogens with two attached hydrogens (primary N) is 1. The van der Waals surface area contributed by atoms with Crippen LogP contribution in [0.5, 0.6) is 5.75 Å². The molecule has 0 aliphatic carbocycles. The molecular weight excluding hydrogens is 294 g/mol. The van der Waals surface area contributed by atoms with Gasteiger partial charge in [0.05, 0.1) is 25.1 Å². The van der Waals surface area contributed by atoms with E-state index in [0.29, 0.717) is 17.1 Å². The lowest BCUT2D eigenvalue weighted by Gasteiger charge is -2.16. The predicted octanol–water partition coefficient (Wildman–Crippen LogP) is 0.988. The monoisotopic (exact) mass is 315 g/mol. The first-order valence-electron chi connectivity index (χ1n) is 6.36. The summed E-state index contributed by atoms with van der Waals surface area (Å²) in [6.45, 7) is 3.70. The number of nitrogens with one attached hydrogen (secondary N) is 2. The second-order valence-electron chi connectivity index (χ2n) is 5.05. The Balaban J connectivity index is 2.95. The average Bonchev–Trinajstić information content (AvgIpc) is 2.37. The highest BCUT2D eigenvalue weighted by Crippen LogP contribution is 2.28. The minimum Gasteiger partial charge on any atom is -0.494 e. The average molecular weight is 315 g/mol. The van der Waals surface area contributed by atoms with E-state index in [1.807, 2.05) is 13.8 Å². The maximum atomic E-state index is 11.9. The molecule has 0 aromatic heterocycles. The van der Waals surface area contributed by atoms with Gasteiger partial charge in [0.2, 0.25) is 15.9 Å². The second-order valence-corrected chi connectivity index (χ2v) is 6.80. The zero-order valence-corrected chi connectivity index (χ0v) is 13.3. The molecule has 1 atom stereocenters. The molecule has 0 bridgehead atoms. The first-order chi connectivity index (χ1) is 9.64. The molecule has 1 amide bonds. The highest BCUT2D eigenvalue weighted by Gasteiger charge is 2.18. The van der Waals surface area contributed by atoms with Gasteiger partial charge in [-0.05, 0) is 18.1 Å². The maximum absolute atomic E-state index is 11.9. The lowest BCUT2D eigenvalue weighted by molar-refractivity contribution is -0.118. The van der Waals surface area contributed by atoms with Crippen LogP contribution in [0.15, 0.2) is 18.2 Å². The fourth-order valence-corrected chi connectivity index (χ4v) is 2.15. The van der Waals surface area contributed by atoms with Crippen LogP contribution in [0.1, 0.15) is 13.8 Å². The molecule has 1 aromatic carbocycles. The summed E-state index contributed by atoms with van der Waals surface area (Å²) in [5.74, 6) is 0.00490. The predicted molar refractivity (Wildman–Crippen MR) is 82.9 cm³/mol. The molecule has 0 heterocycles. The molecular formula is C13H21N3O4S. The number of hydrogen-bond acceptors (Lipinski definition) is 5. The van der Waals surface area contributed by atoms with Crippen molar-refractivity contribution in [1.82, 2.24) is 0 Å². The molecule has 1 rings (SSSR count). The van der Waals surface area contributed by atoms with Crippen LogP contribution in [0.25, 0.3) is 0 Å². The number of sulfonamides is 1. The normalized spacial score (nSPS) is 12.9. The molecule has 8 heteroatoms. The summed E-state index contributed by atoms with van der Waals surface area (Å²) >= 11 is 0. The molecule has 0 spiro atoms. The summed E-state index contributed by atoms with van der Waals surface area (Å²) in [5.41, 5.74) is 6.53. The molecule has 0 saturated heterocycles. The van der Waals surface area contributed by atoms with E-state index < -0.39 is 16.1 Å². The lowest BCUT2D eigenvalue weighted by atomic mass is 10.0. The van der Waals surface area contributed by atoms with E-state index in [2.05, 4.69) is 10.0 Å². The number of carbonyl (C=O) groups excluding carboxylic acids is 1. The lowest BCUT2D eigenvalue weighted by Crippen LogP contribution is -2.39. The van der Waals surface area contributed by atoms with Crippen LogP contribution in [0.3, 0.4) is 0 Å². The SMILES string of the molecule is COc1cc(NC(=O)C(N)C(C)C)ccc1NS(C)(=O)=O. The Bertz CT molecular complexity index is 614. The second kappa shape index (κ2) is 6.77. The van der Waals surface area contributed by atoms with Gasteiger partial charge in [-0.25, -0.2) is 8.42 Å². The Morgan fingerprint density at radius 3 is 2.43 bits per heavy atom. The fraction of sp³-hybridized carbons (Fsp3) is 0.462. The van der Waals surface area contributed by atoms with E-state index in [1.54, 1.807) is 6.07 Å². The van der Waals surface area contributed by atoms with Gasteiger partial charge >= 0.3 is 0 Å². The Kier molecular flexibility index (Phi) is 5.56. The Hall–Kier alpha value is -1.80. The first kappa shape index (κ1) is 17.3. The number of rotatable bonds is 6. The number of hydrogen-bond donors (Lipinski definition) is 3. The van der Waals surface area contributed by atoms with Crippen molar-refractivity contribution in [3.05, 3.63) is 18.2 Å². The van der Waals surface area contributed by atoms with Crippen LogP contribution in [0.4, 0.5) is 11.4 Å². The molecule has 0 saturated carbocycles. The summed E-state index contributed by atoms with van der Waals surface area (Å²) in [6, 6.07) is 3.99. The quantitative estimate of drug-likeness (QED) is 0.725. The van der Waals surface area contributed by atoms with Crippen LogP contribution in [0.2, 0.25) is 0 Å². The molecule has 0 fully saturated rings. The highest BCUT2D eigenvalue weighted by atomic mass is 32.2. The number of amides is 1. The molecule has 0 aliphatic heterocycles. The molecule has 118 valence electrons. The van der Waals surface area contributed by atoms with Crippen molar-refractivity contribution in [1.29, 1.82) is 0 Å². The van der Waals surface area contributed by atoms with Gasteiger partial charge in [0.25, 0.3) is 0 Å². The zero-order chi connectivity index (χ0) is 16.2. The molecule has 7 nitrogen and oxygen atoms in total. The molecule has 0 radical (unpaired) electrons. The van der Waals surface area contributed by atoms with E-state index >= 15 is 0 Å². The van der Waals surface area contributed by atoms with Crippen molar-refractivity contribution in [2.75, 3.05) is 23.4 Å². The summed E-state index contributed by atoms with van der Waals surface area (Å²) < 4.78 is 29.9. The van der Waals surface area contributed by atoms with Crippen molar-refractivity contribution in [3.63, 3.8) is 0 Å². The molecule has 1 unspecified atom stereocenters. The number of carbonyl (C=O) groups is 1. The summed E-state index contributed by atoms with van der Waals surface area (Å²) in [7, 11) is -2.00.